The Labute approximate surface area is 142 Å². The van der Waals surface area contributed by atoms with E-state index in [1.165, 1.54) is 0 Å². The van der Waals surface area contributed by atoms with Crippen LogP contribution in [0.25, 0.3) is 11.1 Å². The van der Waals surface area contributed by atoms with Crippen molar-refractivity contribution >= 4 is 39.1 Å². The van der Waals surface area contributed by atoms with Crippen LogP contribution in [-0.2, 0) is 4.74 Å². The molecule has 0 fully saturated rings. The van der Waals surface area contributed by atoms with Crippen LogP contribution in [-0.4, -0.2) is 17.1 Å². The number of aromatic nitrogens is 2. The number of hydrogen-bond acceptors (Lipinski definition) is 3. The minimum atomic E-state index is -0.239. The molecular formula is C15H15BrCl2N2O. The Morgan fingerprint density at radius 2 is 1.76 bits per heavy atom. The predicted molar refractivity (Wildman–Crippen MR) is 89.8 cm³/mol. The van der Waals surface area contributed by atoms with Gasteiger partial charge in [0.05, 0.1) is 5.56 Å². The van der Waals surface area contributed by atoms with Crippen LogP contribution in [0.2, 0.25) is 10.3 Å². The topological polar surface area (TPSA) is 35.0 Å². The van der Waals surface area contributed by atoms with Crippen LogP contribution < -0.4 is 0 Å². The van der Waals surface area contributed by atoms with Crippen LogP contribution in [0.1, 0.15) is 25.8 Å². The second-order valence-corrected chi connectivity index (χ2v) is 6.58. The van der Waals surface area contributed by atoms with E-state index in [-0.39, 0.29) is 12.0 Å². The van der Waals surface area contributed by atoms with Gasteiger partial charge in [0, 0.05) is 11.6 Å². The molecule has 1 aromatic carbocycles. The van der Waals surface area contributed by atoms with Crippen molar-refractivity contribution in [3.05, 3.63) is 44.9 Å². The molecule has 1 heterocycles. The van der Waals surface area contributed by atoms with Crippen molar-refractivity contribution < 1.29 is 4.74 Å². The molecule has 0 aliphatic rings. The fourth-order valence-corrected chi connectivity index (χ4v) is 3.13. The van der Waals surface area contributed by atoms with Gasteiger partial charge in [0.15, 0.2) is 5.82 Å². The first-order valence-corrected chi connectivity index (χ1v) is 8.00. The highest BCUT2D eigenvalue weighted by molar-refractivity contribution is 9.10. The highest BCUT2D eigenvalue weighted by Crippen LogP contribution is 2.35. The fourth-order valence-electron chi connectivity index (χ4n) is 2.11. The van der Waals surface area contributed by atoms with Crippen LogP contribution in [0.3, 0.4) is 0 Å². The standard InChI is InChI=1S/C15H15BrCl2N2O/c1-8(2)12(21-3)15-19-13(17)11(14(18)20-15)9-5-4-6-10(16)7-9/h4-8,12H,1-3H3. The van der Waals surface area contributed by atoms with E-state index in [1.54, 1.807) is 7.11 Å². The van der Waals surface area contributed by atoms with Gasteiger partial charge >= 0.3 is 0 Å². The zero-order chi connectivity index (χ0) is 15.6. The molecule has 112 valence electrons. The zero-order valence-electron chi connectivity index (χ0n) is 11.9. The van der Waals surface area contributed by atoms with E-state index in [2.05, 4.69) is 25.9 Å². The van der Waals surface area contributed by atoms with Gasteiger partial charge in [0.25, 0.3) is 0 Å². The number of nitrogens with zero attached hydrogens (tertiary/aromatic N) is 2. The van der Waals surface area contributed by atoms with Crippen molar-refractivity contribution in [2.45, 2.75) is 20.0 Å². The SMILES string of the molecule is COC(c1nc(Cl)c(-c2cccc(Br)c2)c(Cl)n1)C(C)C. The largest absolute Gasteiger partial charge is 0.373 e. The minimum Gasteiger partial charge on any atom is -0.373 e. The Hall–Kier alpha value is -0.680. The molecule has 0 saturated heterocycles. The Balaban J connectivity index is 2.52. The first-order valence-electron chi connectivity index (χ1n) is 6.45. The molecule has 0 spiro atoms. The summed E-state index contributed by atoms with van der Waals surface area (Å²) in [4.78, 5) is 8.72. The molecule has 21 heavy (non-hydrogen) atoms. The van der Waals surface area contributed by atoms with Crippen molar-refractivity contribution in [1.29, 1.82) is 0 Å². The van der Waals surface area contributed by atoms with Gasteiger partial charge in [-0.1, -0.05) is 65.1 Å². The van der Waals surface area contributed by atoms with Crippen molar-refractivity contribution in [3.8, 4) is 11.1 Å². The highest BCUT2D eigenvalue weighted by atomic mass is 79.9. The Bertz CT molecular complexity index is 626. The molecule has 0 bridgehead atoms. The van der Waals surface area contributed by atoms with E-state index in [9.17, 15) is 0 Å². The third-order valence-electron chi connectivity index (χ3n) is 3.07. The Morgan fingerprint density at radius 1 is 1.14 bits per heavy atom. The third-order valence-corrected chi connectivity index (χ3v) is 4.11. The molecule has 1 unspecified atom stereocenters. The van der Waals surface area contributed by atoms with Crippen LogP contribution in [0, 0.1) is 5.92 Å². The molecular weight excluding hydrogens is 375 g/mol. The summed E-state index contributed by atoms with van der Waals surface area (Å²) in [5, 5.41) is 0.650. The monoisotopic (exact) mass is 388 g/mol. The van der Waals surface area contributed by atoms with Gasteiger partial charge in [0.2, 0.25) is 0 Å². The van der Waals surface area contributed by atoms with E-state index >= 15 is 0 Å². The van der Waals surface area contributed by atoms with Gasteiger partial charge in [-0.15, -0.1) is 0 Å². The molecule has 0 amide bonds. The molecule has 0 saturated carbocycles. The summed E-state index contributed by atoms with van der Waals surface area (Å²) in [6.45, 7) is 4.06. The van der Waals surface area contributed by atoms with Crippen molar-refractivity contribution in [2.75, 3.05) is 7.11 Å². The van der Waals surface area contributed by atoms with Gasteiger partial charge in [-0.25, -0.2) is 9.97 Å². The molecule has 1 aromatic heterocycles. The van der Waals surface area contributed by atoms with E-state index in [0.29, 0.717) is 21.7 Å². The molecule has 6 heteroatoms. The molecule has 2 aromatic rings. The fraction of sp³-hybridized carbons (Fsp3) is 0.333. The maximum atomic E-state index is 6.32. The van der Waals surface area contributed by atoms with Gasteiger partial charge in [0.1, 0.15) is 16.4 Å². The summed E-state index contributed by atoms with van der Waals surface area (Å²) < 4.78 is 6.36. The van der Waals surface area contributed by atoms with Gasteiger partial charge in [-0.2, -0.15) is 0 Å². The molecule has 0 aliphatic carbocycles. The van der Waals surface area contributed by atoms with Crippen LogP contribution in [0.5, 0.6) is 0 Å². The number of ether oxygens (including phenoxy) is 1. The first kappa shape index (κ1) is 16.7. The van der Waals surface area contributed by atoms with Gasteiger partial charge < -0.3 is 4.74 Å². The number of hydrogen-bond donors (Lipinski definition) is 0. The summed E-state index contributed by atoms with van der Waals surface area (Å²) in [5.41, 5.74) is 1.49. The lowest BCUT2D eigenvalue weighted by atomic mass is 10.1. The van der Waals surface area contributed by atoms with Crippen molar-refractivity contribution in [3.63, 3.8) is 0 Å². The third kappa shape index (κ3) is 3.75. The first-order chi connectivity index (χ1) is 9.93. The molecule has 2 rings (SSSR count). The maximum absolute atomic E-state index is 6.32. The normalized spacial score (nSPS) is 12.7. The van der Waals surface area contributed by atoms with Crippen LogP contribution in [0.15, 0.2) is 28.7 Å². The summed E-state index contributed by atoms with van der Waals surface area (Å²) in [7, 11) is 1.62. The lowest BCUT2D eigenvalue weighted by Gasteiger charge is -2.19. The van der Waals surface area contributed by atoms with Gasteiger partial charge in [-0.05, 0) is 23.6 Å². The lowest BCUT2D eigenvalue weighted by Crippen LogP contribution is -2.13. The lowest BCUT2D eigenvalue weighted by molar-refractivity contribution is 0.0575. The van der Waals surface area contributed by atoms with Crippen molar-refractivity contribution in [2.24, 2.45) is 5.92 Å². The zero-order valence-corrected chi connectivity index (χ0v) is 15.0. The second-order valence-electron chi connectivity index (χ2n) is 4.95. The highest BCUT2D eigenvalue weighted by Gasteiger charge is 2.22. The number of rotatable bonds is 4. The number of methoxy groups -OCH3 is 1. The van der Waals surface area contributed by atoms with E-state index in [0.717, 1.165) is 10.0 Å². The van der Waals surface area contributed by atoms with Gasteiger partial charge in [-0.3, -0.25) is 0 Å². The van der Waals surface area contributed by atoms with E-state index in [1.807, 2.05) is 38.1 Å². The minimum absolute atomic E-state index is 0.221. The molecule has 0 N–H and O–H groups in total. The van der Waals surface area contributed by atoms with Crippen molar-refractivity contribution in [1.82, 2.24) is 9.97 Å². The average Bonchev–Trinajstić information content (AvgIpc) is 2.38. The Morgan fingerprint density at radius 3 is 2.24 bits per heavy atom. The quantitative estimate of drug-likeness (QED) is 0.642. The maximum Gasteiger partial charge on any atom is 0.160 e. The summed E-state index contributed by atoms with van der Waals surface area (Å²) in [5.74, 6) is 0.722. The summed E-state index contributed by atoms with van der Waals surface area (Å²) in [6.07, 6.45) is -0.239. The Kier molecular flexibility index (Phi) is 5.60. The van der Waals surface area contributed by atoms with E-state index in [4.69, 9.17) is 27.9 Å². The smallest absolute Gasteiger partial charge is 0.160 e. The predicted octanol–water partition coefficient (Wildman–Crippen LogP) is 5.56. The number of benzene rings is 1. The van der Waals surface area contributed by atoms with Crippen LogP contribution in [0.4, 0.5) is 0 Å². The average molecular weight is 390 g/mol. The molecule has 3 nitrogen and oxygen atoms in total. The molecule has 0 radical (unpaired) electrons. The molecule has 1 atom stereocenters. The second kappa shape index (κ2) is 7.05. The van der Waals surface area contributed by atoms with Crippen LogP contribution >= 0.6 is 39.1 Å². The summed E-state index contributed by atoms with van der Waals surface area (Å²) >= 11 is 16.1. The number of halogens is 3. The van der Waals surface area contributed by atoms with E-state index < -0.39 is 0 Å². The summed E-state index contributed by atoms with van der Waals surface area (Å²) in [6, 6.07) is 7.68. The molecule has 0 aliphatic heterocycles.